The van der Waals surface area contributed by atoms with E-state index in [1.807, 2.05) is 0 Å². The second kappa shape index (κ2) is 19.8. The zero-order valence-electron chi connectivity index (χ0n) is 30.7. The Kier molecular flexibility index (Phi) is 18.6. The Hall–Kier alpha value is -0.866. The van der Waals surface area contributed by atoms with Gasteiger partial charge in [-0.05, 0) is 118 Å². The van der Waals surface area contributed by atoms with Gasteiger partial charge < -0.3 is 10.2 Å². The first-order valence-corrected chi connectivity index (χ1v) is 21.8. The Labute approximate surface area is 292 Å². The van der Waals surface area contributed by atoms with Crippen LogP contribution in [0.5, 0.6) is 0 Å². The van der Waals surface area contributed by atoms with E-state index in [4.69, 9.17) is 5.53 Å². The summed E-state index contributed by atoms with van der Waals surface area (Å²) in [7, 11) is 0.839. The van der Waals surface area contributed by atoms with Crippen LogP contribution in [0.2, 0.25) is 0 Å². The van der Waals surface area contributed by atoms with Crippen LogP contribution in [0, 0.1) is 0 Å². The first kappa shape index (κ1) is 42.2. The van der Waals surface area contributed by atoms with Crippen molar-refractivity contribution in [3.8, 4) is 0 Å². The molecule has 0 fully saturated rings. The molecule has 0 radical (unpaired) electrons. The number of rotatable bonds is 12. The number of hydrogen-bond donors (Lipinski definition) is 0. The van der Waals surface area contributed by atoms with Gasteiger partial charge in [0.25, 0.3) is 6.71 Å². The molecule has 0 bridgehead atoms. The standard InChI is InChI=1S/C36H54BP3.C2H6N2.Fe/c1-25(2)38(26(3)4)34-22-16-13-19-31(34)37(32-20-14-17-23-35(32)39(27(5)6)28(7)8)33-21-15-18-24-36(33)40(29(9)10)30(11)12;1-4(2)3;/h13-30H,1-12H3;1-2H3;/p+3. The molecular weight excluding hydrogens is 644 g/mol. The summed E-state index contributed by atoms with van der Waals surface area (Å²) in [5.74, 6) is 0. The molecular formula is C38H63BFeN2P3+3. The SMILES string of the molecule is CC(C)[PH+](c1ccccc1B(c1ccccc1[PH+](C(C)C)C(C)C)c1ccccc1[PH+](C(C)C)C(C)C)C(C)C.C[N+](C)=[N-].[Fe]. The first-order chi connectivity index (χ1) is 20.6. The monoisotopic (exact) mass is 707 g/mol. The fourth-order valence-electron chi connectivity index (χ4n) is 7.40. The number of hydrogen-bond acceptors (Lipinski definition) is 0. The second-order valence-corrected chi connectivity index (χ2v) is 25.6. The Balaban J connectivity index is 0.00000191. The zero-order valence-corrected chi connectivity index (χ0v) is 34.8. The molecule has 0 aromatic heterocycles. The average molecular weight is 708 g/mol. The summed E-state index contributed by atoms with van der Waals surface area (Å²) in [6.45, 7) is 29.8. The summed E-state index contributed by atoms with van der Waals surface area (Å²) in [6.07, 6.45) is 0. The predicted octanol–water partition coefficient (Wildman–Crippen LogP) is 7.45. The van der Waals surface area contributed by atoms with Crippen LogP contribution in [0.15, 0.2) is 72.8 Å². The van der Waals surface area contributed by atoms with Crippen molar-refractivity contribution in [2.45, 2.75) is 117 Å². The molecule has 3 aromatic rings. The van der Waals surface area contributed by atoms with Crippen LogP contribution in [0.3, 0.4) is 0 Å². The summed E-state index contributed by atoms with van der Waals surface area (Å²) < 4.78 is 1.00. The topological polar surface area (TPSA) is 25.3 Å². The van der Waals surface area contributed by atoms with Gasteiger partial charge in [-0.3, -0.25) is 0 Å². The molecule has 2 nitrogen and oxygen atoms in total. The second-order valence-electron chi connectivity index (χ2n) is 14.3. The van der Waals surface area contributed by atoms with Crippen molar-refractivity contribution in [3.63, 3.8) is 0 Å². The van der Waals surface area contributed by atoms with Crippen LogP contribution in [0.25, 0.3) is 5.53 Å². The Morgan fingerprint density at radius 2 is 0.622 bits per heavy atom. The largest absolute Gasteiger partial charge is 0.507 e. The molecule has 248 valence electrons. The van der Waals surface area contributed by atoms with Gasteiger partial charge in [0.15, 0.2) is 0 Å². The van der Waals surface area contributed by atoms with Crippen molar-refractivity contribution >= 4 is 62.8 Å². The van der Waals surface area contributed by atoms with Crippen LogP contribution in [0.4, 0.5) is 0 Å². The van der Waals surface area contributed by atoms with E-state index in [2.05, 4.69) is 156 Å². The van der Waals surface area contributed by atoms with Gasteiger partial charge in [0.05, 0.1) is 49.9 Å². The molecule has 0 unspecified atom stereocenters. The normalized spacial score (nSPS) is 11.7. The first-order valence-electron chi connectivity index (χ1n) is 16.9. The maximum atomic E-state index is 7.89. The van der Waals surface area contributed by atoms with E-state index in [9.17, 15) is 0 Å². The smallest absolute Gasteiger partial charge is 0.256 e. The van der Waals surface area contributed by atoms with Gasteiger partial charge in [0.2, 0.25) is 0 Å². The van der Waals surface area contributed by atoms with Crippen LogP contribution < -0.4 is 32.3 Å². The Morgan fingerprint density at radius 1 is 0.444 bits per heavy atom. The molecule has 0 amide bonds. The van der Waals surface area contributed by atoms with Gasteiger partial charge in [0, 0.05) is 40.8 Å². The van der Waals surface area contributed by atoms with Gasteiger partial charge in [0.1, 0.15) is 14.1 Å². The quantitative estimate of drug-likeness (QED) is 0.0810. The summed E-state index contributed by atoms with van der Waals surface area (Å²) in [5.41, 5.74) is 16.7. The molecule has 3 rings (SSSR count). The van der Waals surface area contributed by atoms with Crippen molar-refractivity contribution in [1.82, 2.24) is 0 Å². The molecule has 0 saturated heterocycles. The Bertz CT molecular complexity index is 1150. The van der Waals surface area contributed by atoms with E-state index in [0.29, 0.717) is 34.0 Å². The van der Waals surface area contributed by atoms with Gasteiger partial charge in [-0.1, -0.05) is 54.6 Å². The molecule has 3 aromatic carbocycles. The molecule has 0 aliphatic heterocycles. The maximum Gasteiger partial charge on any atom is 0.256 e. The van der Waals surface area contributed by atoms with E-state index in [1.165, 1.54) is 0 Å². The maximum absolute atomic E-state index is 7.89. The molecule has 0 heterocycles. The molecule has 0 aliphatic rings. The van der Waals surface area contributed by atoms with E-state index < -0.39 is 23.8 Å². The van der Waals surface area contributed by atoms with Gasteiger partial charge in [-0.2, -0.15) is 0 Å². The molecule has 0 spiro atoms. The third-order valence-corrected chi connectivity index (χ3v) is 19.2. The van der Waals surface area contributed by atoms with E-state index in [-0.39, 0.29) is 23.8 Å². The van der Waals surface area contributed by atoms with Crippen LogP contribution >= 0.6 is 23.8 Å². The van der Waals surface area contributed by atoms with Crippen molar-refractivity contribution in [2.75, 3.05) is 14.1 Å². The van der Waals surface area contributed by atoms with Gasteiger partial charge in [-0.25, -0.2) is 0 Å². The molecule has 7 heteroatoms. The van der Waals surface area contributed by atoms with Crippen molar-refractivity contribution in [3.05, 3.63) is 78.3 Å². The van der Waals surface area contributed by atoms with Crippen LogP contribution in [0.1, 0.15) is 83.1 Å². The fourth-order valence-corrected chi connectivity index (χ4v) is 17.7. The van der Waals surface area contributed by atoms with Gasteiger partial charge >= 0.3 is 0 Å². The van der Waals surface area contributed by atoms with E-state index in [1.54, 1.807) is 46.4 Å². The molecule has 0 saturated carbocycles. The average Bonchev–Trinajstić information content (AvgIpc) is 2.90. The minimum absolute atomic E-state index is 0. The van der Waals surface area contributed by atoms with Crippen LogP contribution in [-0.2, 0) is 17.1 Å². The van der Waals surface area contributed by atoms with Crippen molar-refractivity contribution < 1.29 is 21.8 Å². The number of benzene rings is 3. The van der Waals surface area contributed by atoms with Crippen LogP contribution in [-0.4, -0.2) is 59.5 Å². The van der Waals surface area contributed by atoms with Crippen molar-refractivity contribution in [2.24, 2.45) is 0 Å². The molecule has 0 N–H and O–H groups in total. The van der Waals surface area contributed by atoms with E-state index >= 15 is 0 Å². The van der Waals surface area contributed by atoms with Gasteiger partial charge in [-0.15, -0.1) is 0 Å². The minimum Gasteiger partial charge on any atom is -0.507 e. The third kappa shape index (κ3) is 11.4. The predicted molar refractivity (Wildman–Crippen MR) is 214 cm³/mol. The molecule has 45 heavy (non-hydrogen) atoms. The minimum atomic E-state index is -0.758. The molecule has 0 atom stereocenters. The third-order valence-electron chi connectivity index (χ3n) is 8.48. The number of nitrogens with zero attached hydrogens (tertiary/aromatic N) is 2. The fraction of sp³-hybridized carbons (Fsp3) is 0.526. The Morgan fingerprint density at radius 3 is 0.800 bits per heavy atom. The zero-order chi connectivity index (χ0) is 33.3. The van der Waals surface area contributed by atoms with Crippen molar-refractivity contribution in [1.29, 1.82) is 0 Å². The molecule has 0 aliphatic carbocycles. The summed E-state index contributed by atoms with van der Waals surface area (Å²) >= 11 is 0. The summed E-state index contributed by atoms with van der Waals surface area (Å²) in [6, 6.07) is 28.8. The summed E-state index contributed by atoms with van der Waals surface area (Å²) in [5, 5.41) is 4.95. The summed E-state index contributed by atoms with van der Waals surface area (Å²) in [4.78, 5) is 0. The van der Waals surface area contributed by atoms with E-state index in [0.717, 1.165) is 4.70 Å².